The number of rotatable bonds is 5. The van der Waals surface area contributed by atoms with E-state index in [2.05, 4.69) is 0 Å². The Bertz CT molecular complexity index is 589. The Morgan fingerprint density at radius 1 is 1.00 bits per heavy atom. The van der Waals surface area contributed by atoms with Crippen LogP contribution in [-0.2, 0) is 6.42 Å². The van der Waals surface area contributed by atoms with Gasteiger partial charge in [-0.15, -0.1) is 11.8 Å². The monoisotopic (exact) mass is 298 g/mol. The van der Waals surface area contributed by atoms with Crippen molar-refractivity contribution in [3.05, 3.63) is 65.5 Å². The van der Waals surface area contributed by atoms with E-state index in [0.717, 1.165) is 30.0 Å². The number of hydrogen-bond donors (Lipinski definition) is 1. The molecule has 0 bridgehead atoms. The number of halogens is 3. The summed E-state index contributed by atoms with van der Waals surface area (Å²) >= 11 is 1.14. The van der Waals surface area contributed by atoms with E-state index < -0.39 is 17.7 Å². The van der Waals surface area contributed by atoms with Crippen LogP contribution in [0.3, 0.4) is 0 Å². The summed E-state index contributed by atoms with van der Waals surface area (Å²) in [6, 6.07) is 9.34. The Labute approximate surface area is 119 Å². The fourth-order valence-corrected chi connectivity index (χ4v) is 2.63. The van der Waals surface area contributed by atoms with Crippen LogP contribution >= 0.6 is 11.8 Å². The van der Waals surface area contributed by atoms with Crippen molar-refractivity contribution in [1.29, 1.82) is 0 Å². The highest BCUT2D eigenvalue weighted by Crippen LogP contribution is 2.23. The van der Waals surface area contributed by atoms with Gasteiger partial charge in [0, 0.05) is 17.1 Å². The van der Waals surface area contributed by atoms with Crippen LogP contribution in [0.5, 0.6) is 0 Å². The fraction of sp³-hybridized carbons (Fsp3) is 0.200. The molecule has 1 N–H and O–H groups in total. The lowest BCUT2D eigenvalue weighted by atomic mass is 10.1. The van der Waals surface area contributed by atoms with Gasteiger partial charge in [-0.1, -0.05) is 12.1 Å². The van der Waals surface area contributed by atoms with Crippen LogP contribution in [0.25, 0.3) is 0 Å². The summed E-state index contributed by atoms with van der Waals surface area (Å²) in [6.45, 7) is 0. The highest BCUT2D eigenvalue weighted by Gasteiger charge is 2.12. The molecule has 2 aromatic carbocycles. The molecule has 1 atom stereocenters. The smallest absolute Gasteiger partial charge is 0.136 e. The molecule has 0 amide bonds. The lowest BCUT2D eigenvalue weighted by Crippen LogP contribution is -2.14. The highest BCUT2D eigenvalue weighted by molar-refractivity contribution is 7.99. The standard InChI is InChI=1S/C15H13F3OS/c16-11-5-6-13(17)10(7-11)8-12(19)9-20-15-4-2-1-3-14(15)18/h1-7,12,19H,8-9H2. The third kappa shape index (κ3) is 4.02. The predicted molar refractivity (Wildman–Crippen MR) is 73.2 cm³/mol. The Hall–Kier alpha value is -1.46. The minimum absolute atomic E-state index is 0.00888. The molecule has 5 heteroatoms. The molecular formula is C15H13F3OS. The average Bonchev–Trinajstić information content (AvgIpc) is 2.42. The summed E-state index contributed by atoms with van der Waals surface area (Å²) < 4.78 is 39.8. The molecule has 20 heavy (non-hydrogen) atoms. The normalized spacial score (nSPS) is 12.4. The third-order valence-electron chi connectivity index (χ3n) is 2.73. The first-order valence-electron chi connectivity index (χ1n) is 6.05. The number of aliphatic hydroxyl groups excluding tert-OH is 1. The van der Waals surface area contributed by atoms with Gasteiger partial charge in [0.15, 0.2) is 0 Å². The number of thioether (sulfide) groups is 1. The van der Waals surface area contributed by atoms with Crippen LogP contribution in [-0.4, -0.2) is 17.0 Å². The summed E-state index contributed by atoms with van der Waals surface area (Å²) in [5.74, 6) is -1.25. The molecule has 0 radical (unpaired) electrons. The maximum atomic E-state index is 13.4. The number of aliphatic hydroxyl groups is 1. The molecule has 0 fully saturated rings. The maximum Gasteiger partial charge on any atom is 0.136 e. The van der Waals surface area contributed by atoms with Gasteiger partial charge in [0.25, 0.3) is 0 Å². The van der Waals surface area contributed by atoms with Crippen molar-refractivity contribution in [3.8, 4) is 0 Å². The summed E-state index contributed by atoms with van der Waals surface area (Å²) in [5.41, 5.74) is 0.117. The van der Waals surface area contributed by atoms with Crippen molar-refractivity contribution in [3.63, 3.8) is 0 Å². The quantitative estimate of drug-likeness (QED) is 0.847. The molecule has 0 aliphatic rings. The molecule has 0 aromatic heterocycles. The van der Waals surface area contributed by atoms with E-state index in [1.807, 2.05) is 0 Å². The highest BCUT2D eigenvalue weighted by atomic mass is 32.2. The van der Waals surface area contributed by atoms with Crippen molar-refractivity contribution in [2.45, 2.75) is 17.4 Å². The molecule has 0 aliphatic carbocycles. The Morgan fingerprint density at radius 3 is 2.50 bits per heavy atom. The molecule has 2 aromatic rings. The summed E-state index contributed by atoms with van der Waals surface area (Å²) in [5, 5.41) is 9.84. The number of benzene rings is 2. The van der Waals surface area contributed by atoms with Crippen molar-refractivity contribution < 1.29 is 18.3 Å². The van der Waals surface area contributed by atoms with E-state index in [4.69, 9.17) is 0 Å². The SMILES string of the molecule is OC(CSc1ccccc1F)Cc1cc(F)ccc1F. The van der Waals surface area contributed by atoms with Gasteiger partial charge >= 0.3 is 0 Å². The predicted octanol–water partition coefficient (Wildman–Crippen LogP) is 3.80. The van der Waals surface area contributed by atoms with E-state index in [1.54, 1.807) is 18.2 Å². The zero-order chi connectivity index (χ0) is 14.5. The summed E-state index contributed by atoms with van der Waals surface area (Å²) in [4.78, 5) is 0.422. The Morgan fingerprint density at radius 2 is 1.75 bits per heavy atom. The van der Waals surface area contributed by atoms with Crippen LogP contribution in [0.2, 0.25) is 0 Å². The van der Waals surface area contributed by atoms with Gasteiger partial charge in [0.05, 0.1) is 6.10 Å². The van der Waals surface area contributed by atoms with E-state index in [-0.39, 0.29) is 23.6 Å². The first-order chi connectivity index (χ1) is 9.56. The van der Waals surface area contributed by atoms with Crippen LogP contribution in [0.4, 0.5) is 13.2 Å². The maximum absolute atomic E-state index is 13.4. The lowest BCUT2D eigenvalue weighted by molar-refractivity contribution is 0.198. The first kappa shape index (κ1) is 14.9. The molecule has 1 nitrogen and oxygen atoms in total. The second-order valence-electron chi connectivity index (χ2n) is 4.34. The van der Waals surface area contributed by atoms with Crippen molar-refractivity contribution in [2.75, 3.05) is 5.75 Å². The van der Waals surface area contributed by atoms with Gasteiger partial charge in [-0.2, -0.15) is 0 Å². The molecule has 0 aliphatic heterocycles. The Kier molecular flexibility index (Phi) is 5.09. The minimum Gasteiger partial charge on any atom is -0.392 e. The van der Waals surface area contributed by atoms with Gasteiger partial charge in [-0.25, -0.2) is 13.2 Å². The zero-order valence-electron chi connectivity index (χ0n) is 10.5. The second kappa shape index (κ2) is 6.81. The average molecular weight is 298 g/mol. The largest absolute Gasteiger partial charge is 0.392 e. The first-order valence-corrected chi connectivity index (χ1v) is 7.04. The molecule has 0 saturated heterocycles. The van der Waals surface area contributed by atoms with Gasteiger partial charge in [0.1, 0.15) is 17.5 Å². The second-order valence-corrected chi connectivity index (χ2v) is 5.40. The topological polar surface area (TPSA) is 20.2 Å². The van der Waals surface area contributed by atoms with Crippen molar-refractivity contribution in [1.82, 2.24) is 0 Å². The summed E-state index contributed by atoms with van der Waals surface area (Å²) in [6.07, 6.45) is -0.888. The van der Waals surface area contributed by atoms with Gasteiger partial charge in [0.2, 0.25) is 0 Å². The van der Waals surface area contributed by atoms with Gasteiger partial charge < -0.3 is 5.11 Å². The Balaban J connectivity index is 1.94. The van der Waals surface area contributed by atoms with Crippen molar-refractivity contribution >= 4 is 11.8 Å². The summed E-state index contributed by atoms with van der Waals surface area (Å²) in [7, 11) is 0. The molecule has 0 spiro atoms. The van der Waals surface area contributed by atoms with Crippen LogP contribution in [0, 0.1) is 17.5 Å². The van der Waals surface area contributed by atoms with Crippen LogP contribution in [0.15, 0.2) is 47.4 Å². The van der Waals surface area contributed by atoms with E-state index in [1.165, 1.54) is 6.07 Å². The molecule has 2 rings (SSSR count). The molecule has 0 heterocycles. The van der Waals surface area contributed by atoms with Gasteiger partial charge in [-0.3, -0.25) is 0 Å². The fourth-order valence-electron chi connectivity index (χ4n) is 1.76. The minimum atomic E-state index is -0.879. The lowest BCUT2D eigenvalue weighted by Gasteiger charge is -2.11. The molecule has 0 saturated carbocycles. The van der Waals surface area contributed by atoms with Crippen LogP contribution < -0.4 is 0 Å². The molecule has 1 unspecified atom stereocenters. The molecule has 106 valence electrons. The zero-order valence-corrected chi connectivity index (χ0v) is 11.3. The van der Waals surface area contributed by atoms with E-state index in [0.29, 0.717) is 4.90 Å². The molecular weight excluding hydrogens is 285 g/mol. The van der Waals surface area contributed by atoms with Crippen molar-refractivity contribution in [2.24, 2.45) is 0 Å². The number of hydrogen-bond acceptors (Lipinski definition) is 2. The van der Waals surface area contributed by atoms with Gasteiger partial charge in [-0.05, 0) is 35.9 Å². The van der Waals surface area contributed by atoms with Crippen LogP contribution in [0.1, 0.15) is 5.56 Å². The van der Waals surface area contributed by atoms with E-state index in [9.17, 15) is 18.3 Å². The van der Waals surface area contributed by atoms with E-state index >= 15 is 0 Å². The third-order valence-corrected chi connectivity index (χ3v) is 3.92.